The highest BCUT2D eigenvalue weighted by atomic mass is 35.5. The van der Waals surface area contributed by atoms with Crippen molar-refractivity contribution in [3.63, 3.8) is 0 Å². The van der Waals surface area contributed by atoms with E-state index in [0.29, 0.717) is 32.6 Å². The molecule has 0 unspecified atom stereocenters. The quantitative estimate of drug-likeness (QED) is 0.486. The highest BCUT2D eigenvalue weighted by molar-refractivity contribution is 6.39. The zero-order chi connectivity index (χ0) is 15.7. The van der Waals surface area contributed by atoms with Crippen LogP contribution < -0.4 is 0 Å². The predicted molar refractivity (Wildman–Crippen MR) is 84.0 cm³/mol. The first-order valence-corrected chi connectivity index (χ1v) is 6.98. The number of nitro groups is 1. The van der Waals surface area contributed by atoms with Crippen molar-refractivity contribution in [2.45, 2.75) is 0 Å². The van der Waals surface area contributed by atoms with E-state index < -0.39 is 4.92 Å². The number of hydrogen-bond donors (Lipinski definition) is 0. The molecule has 0 bridgehead atoms. The van der Waals surface area contributed by atoms with Crippen LogP contribution >= 0.6 is 23.2 Å². The summed E-state index contributed by atoms with van der Waals surface area (Å²) in [6.07, 6.45) is 0. The Bertz CT molecular complexity index is 841. The number of aromatic nitrogens is 1. The molecule has 0 fully saturated rings. The molecular formula is C15H8Cl2N2O3. The molecule has 5 nitrogen and oxygen atoms in total. The van der Waals surface area contributed by atoms with E-state index in [0.717, 1.165) is 0 Å². The van der Waals surface area contributed by atoms with Crippen LogP contribution in [0.5, 0.6) is 0 Å². The highest BCUT2D eigenvalue weighted by Crippen LogP contribution is 2.36. The average molecular weight is 335 g/mol. The molecule has 2 aromatic carbocycles. The van der Waals surface area contributed by atoms with Gasteiger partial charge < -0.3 is 4.52 Å². The number of nitrogens with zero attached hydrogens (tertiary/aromatic N) is 2. The molecule has 0 spiro atoms. The summed E-state index contributed by atoms with van der Waals surface area (Å²) in [5.41, 5.74) is 1.56. The second kappa shape index (κ2) is 5.79. The lowest BCUT2D eigenvalue weighted by molar-refractivity contribution is -0.384. The van der Waals surface area contributed by atoms with Crippen LogP contribution in [-0.4, -0.2) is 10.1 Å². The summed E-state index contributed by atoms with van der Waals surface area (Å²) >= 11 is 12.2. The Kier molecular flexibility index (Phi) is 3.83. The van der Waals surface area contributed by atoms with Gasteiger partial charge in [0.2, 0.25) is 0 Å². The molecule has 3 aromatic rings. The van der Waals surface area contributed by atoms with Gasteiger partial charge in [0.15, 0.2) is 5.76 Å². The minimum Gasteiger partial charge on any atom is -0.356 e. The van der Waals surface area contributed by atoms with Gasteiger partial charge in [-0.1, -0.05) is 46.6 Å². The summed E-state index contributed by atoms with van der Waals surface area (Å²) in [7, 11) is 0. The number of hydrogen-bond acceptors (Lipinski definition) is 4. The predicted octanol–water partition coefficient (Wildman–Crippen LogP) is 5.22. The van der Waals surface area contributed by atoms with Crippen LogP contribution in [0, 0.1) is 10.1 Å². The van der Waals surface area contributed by atoms with E-state index in [1.54, 1.807) is 36.4 Å². The third-order valence-corrected chi connectivity index (χ3v) is 3.70. The van der Waals surface area contributed by atoms with Gasteiger partial charge in [0, 0.05) is 23.8 Å². The number of benzene rings is 2. The smallest absolute Gasteiger partial charge is 0.270 e. The summed E-state index contributed by atoms with van der Waals surface area (Å²) in [4.78, 5) is 10.4. The molecule has 1 aromatic heterocycles. The van der Waals surface area contributed by atoms with Crippen LogP contribution in [-0.2, 0) is 0 Å². The molecule has 7 heteroatoms. The second-order valence-electron chi connectivity index (χ2n) is 4.48. The van der Waals surface area contributed by atoms with Gasteiger partial charge in [0.25, 0.3) is 5.69 Å². The molecular weight excluding hydrogens is 327 g/mol. The van der Waals surface area contributed by atoms with Gasteiger partial charge in [-0.05, 0) is 12.1 Å². The van der Waals surface area contributed by atoms with E-state index in [9.17, 15) is 10.1 Å². The number of nitro benzene ring substituents is 1. The Morgan fingerprint density at radius 3 is 2.41 bits per heavy atom. The third-order valence-electron chi connectivity index (χ3n) is 3.07. The van der Waals surface area contributed by atoms with Crippen molar-refractivity contribution in [3.05, 3.63) is 68.7 Å². The minimum absolute atomic E-state index is 0.0159. The largest absolute Gasteiger partial charge is 0.356 e. The average Bonchev–Trinajstić information content (AvgIpc) is 2.97. The van der Waals surface area contributed by atoms with Crippen LogP contribution in [0.15, 0.2) is 53.1 Å². The Hall–Kier alpha value is -2.37. The van der Waals surface area contributed by atoms with Gasteiger partial charge in [0.1, 0.15) is 5.69 Å². The summed E-state index contributed by atoms with van der Waals surface area (Å²) in [5, 5.41) is 15.6. The topological polar surface area (TPSA) is 69.2 Å². The highest BCUT2D eigenvalue weighted by Gasteiger charge is 2.16. The normalized spacial score (nSPS) is 10.6. The van der Waals surface area contributed by atoms with Crippen molar-refractivity contribution >= 4 is 28.9 Å². The fourth-order valence-electron chi connectivity index (χ4n) is 2.04. The van der Waals surface area contributed by atoms with Crippen LogP contribution in [0.3, 0.4) is 0 Å². The lowest BCUT2D eigenvalue weighted by atomic mass is 10.1. The summed E-state index contributed by atoms with van der Waals surface area (Å²) < 4.78 is 5.28. The fourth-order valence-corrected chi connectivity index (χ4v) is 2.62. The lowest BCUT2D eigenvalue weighted by Crippen LogP contribution is -1.87. The van der Waals surface area contributed by atoms with E-state index >= 15 is 0 Å². The Morgan fingerprint density at radius 1 is 1.05 bits per heavy atom. The molecule has 22 heavy (non-hydrogen) atoms. The standard InChI is InChI=1S/C15H8Cl2N2O3/c16-11-5-2-6-12(17)15(11)14-8-13(18-22-14)9-3-1-4-10(7-9)19(20)21/h1-8H. The van der Waals surface area contributed by atoms with Gasteiger partial charge in [-0.15, -0.1) is 0 Å². The van der Waals surface area contributed by atoms with Crippen LogP contribution in [0.2, 0.25) is 10.0 Å². The zero-order valence-corrected chi connectivity index (χ0v) is 12.5. The molecule has 0 amide bonds. The summed E-state index contributed by atoms with van der Waals surface area (Å²) in [6, 6.07) is 12.9. The molecule has 110 valence electrons. The van der Waals surface area contributed by atoms with E-state index in [4.69, 9.17) is 27.7 Å². The number of non-ortho nitro benzene ring substituents is 1. The lowest BCUT2D eigenvalue weighted by Gasteiger charge is -2.01. The minimum atomic E-state index is -0.463. The van der Waals surface area contributed by atoms with E-state index in [1.807, 2.05) is 0 Å². The number of halogens is 2. The maximum atomic E-state index is 10.8. The van der Waals surface area contributed by atoms with E-state index in [-0.39, 0.29) is 5.69 Å². The molecule has 0 aliphatic heterocycles. The first-order chi connectivity index (χ1) is 10.6. The molecule has 0 N–H and O–H groups in total. The molecule has 0 saturated carbocycles. The van der Waals surface area contributed by atoms with Crippen molar-refractivity contribution < 1.29 is 9.45 Å². The molecule has 3 rings (SSSR count). The van der Waals surface area contributed by atoms with Crippen LogP contribution in [0.25, 0.3) is 22.6 Å². The van der Waals surface area contributed by atoms with Crippen molar-refractivity contribution in [3.8, 4) is 22.6 Å². The molecule has 0 radical (unpaired) electrons. The van der Waals surface area contributed by atoms with Gasteiger partial charge in [-0.3, -0.25) is 10.1 Å². The van der Waals surface area contributed by atoms with Gasteiger partial charge >= 0.3 is 0 Å². The summed E-state index contributed by atoms with van der Waals surface area (Å²) in [6.45, 7) is 0. The van der Waals surface area contributed by atoms with Crippen molar-refractivity contribution in [2.24, 2.45) is 0 Å². The van der Waals surface area contributed by atoms with Gasteiger partial charge in [-0.2, -0.15) is 0 Å². The maximum Gasteiger partial charge on any atom is 0.270 e. The van der Waals surface area contributed by atoms with Gasteiger partial charge in [-0.25, -0.2) is 0 Å². The second-order valence-corrected chi connectivity index (χ2v) is 5.29. The number of rotatable bonds is 3. The van der Waals surface area contributed by atoms with Gasteiger partial charge in [0.05, 0.1) is 20.5 Å². The van der Waals surface area contributed by atoms with Crippen molar-refractivity contribution in [1.29, 1.82) is 0 Å². The van der Waals surface area contributed by atoms with E-state index in [2.05, 4.69) is 5.16 Å². The SMILES string of the molecule is O=[N+]([O-])c1cccc(-c2cc(-c3c(Cl)cccc3Cl)on2)c1. The molecule has 1 heterocycles. The van der Waals surface area contributed by atoms with Crippen molar-refractivity contribution in [1.82, 2.24) is 5.16 Å². The van der Waals surface area contributed by atoms with Crippen LogP contribution in [0.4, 0.5) is 5.69 Å². The van der Waals surface area contributed by atoms with Crippen molar-refractivity contribution in [2.75, 3.05) is 0 Å². The fraction of sp³-hybridized carbons (Fsp3) is 0. The first-order valence-electron chi connectivity index (χ1n) is 6.22. The Balaban J connectivity index is 2.05. The monoisotopic (exact) mass is 334 g/mol. The molecule has 0 aliphatic carbocycles. The molecule has 0 aliphatic rings. The molecule has 0 atom stereocenters. The Morgan fingerprint density at radius 2 is 1.73 bits per heavy atom. The summed E-state index contributed by atoms with van der Waals surface area (Å²) in [5.74, 6) is 0.400. The third kappa shape index (κ3) is 2.68. The maximum absolute atomic E-state index is 10.8. The molecule has 0 saturated heterocycles. The zero-order valence-electron chi connectivity index (χ0n) is 11.0. The first kappa shape index (κ1) is 14.6. The van der Waals surface area contributed by atoms with Crippen LogP contribution in [0.1, 0.15) is 0 Å². The Labute approximate surface area is 135 Å². The van der Waals surface area contributed by atoms with E-state index in [1.165, 1.54) is 12.1 Å².